The molecule has 0 saturated carbocycles. The van der Waals surface area contributed by atoms with E-state index >= 15 is 0 Å². The highest BCUT2D eigenvalue weighted by molar-refractivity contribution is 6.76. The number of fused-ring (bicyclic) bond motifs is 2. The first-order valence-corrected chi connectivity index (χ1v) is 43.8. The summed E-state index contributed by atoms with van der Waals surface area (Å²) in [5, 5.41) is 4.47. The summed E-state index contributed by atoms with van der Waals surface area (Å²) in [4.78, 5) is 38.1. The molecule has 6 saturated heterocycles. The van der Waals surface area contributed by atoms with Gasteiger partial charge in [0.2, 0.25) is 6.29 Å². The molecular weight excluding hydrogens is 1450 g/mol. The fourth-order valence-electron chi connectivity index (χ4n) is 15.5. The Kier molecular flexibility index (Phi) is 29.2. The van der Waals surface area contributed by atoms with Crippen LogP contribution in [0.3, 0.4) is 0 Å². The van der Waals surface area contributed by atoms with E-state index in [-0.39, 0.29) is 51.0 Å². The highest BCUT2D eigenvalue weighted by atomic mass is 28.3. The van der Waals surface area contributed by atoms with Crippen LogP contribution in [0.1, 0.15) is 140 Å². The Hall–Kier alpha value is -7.11. The number of carbonyl (C=O) groups is 3. The smallest absolute Gasteiger partial charge is 0.338 e. The fourth-order valence-corrected chi connectivity index (χ4v) is 16.2. The molecule has 0 N–H and O–H groups in total. The van der Waals surface area contributed by atoms with Crippen LogP contribution < -0.4 is 9.47 Å². The molecule has 7 aromatic carbocycles. The summed E-state index contributed by atoms with van der Waals surface area (Å²) in [6.07, 6.45) is -9.89. The summed E-state index contributed by atoms with van der Waals surface area (Å²) in [5.41, 5.74) is 3.40. The number of rotatable bonds is 33. The van der Waals surface area contributed by atoms with Crippen molar-refractivity contribution in [3.8, 4) is 11.5 Å². The standard InChI is InChI=1S/C89H112O22Si/c1-55(90)29-40-78(91)105-72-38-41-79(98-56(72)2)108-86-59(5)103-84(49-76(86)96-53-64-31-33-66-24-18-20-28-69(66)46-64)110-87-60(6)101-82(47-75(87)94-51-62-21-13-11-14-22-62)106-73-39-42-80(99-57(73)3)109-85-58(4)102-83(48-74(85)95-52-63-30-32-65-23-17-19-27-68(65)45-63)107-77-50-81(100-61(7)88(77)111-89(92)67-25-15-12-16-26-67)104-71-36-34-70(35-37-71)97-54-93-43-44-112(8,9)10/h11-28,30-37,45-46,56-61,72-77,79-88H,29,38-44,47-54H2,1-10H3/t56-,57-,58+,59+,60+,61+,72-,73-,74+,75+,76+,77+,79-,80-,81-,82+,83-,84-,85+,86+,87+,88+/m0/s1. The molecular formula is C89H112O22Si. The first-order chi connectivity index (χ1) is 54.1. The van der Waals surface area contributed by atoms with Gasteiger partial charge >= 0.3 is 11.9 Å². The van der Waals surface area contributed by atoms with Crippen LogP contribution in [0.25, 0.3) is 21.5 Å². The van der Waals surface area contributed by atoms with Gasteiger partial charge in [0.15, 0.2) is 44.3 Å². The molecule has 23 heteroatoms. The topological polar surface area (TPSA) is 227 Å². The van der Waals surface area contributed by atoms with Crippen molar-refractivity contribution in [2.75, 3.05) is 13.4 Å². The number of hydrogen-bond acceptors (Lipinski definition) is 22. The Balaban J connectivity index is 0.663. The predicted octanol–water partition coefficient (Wildman–Crippen LogP) is 15.8. The van der Waals surface area contributed by atoms with Gasteiger partial charge in [-0.3, -0.25) is 4.79 Å². The van der Waals surface area contributed by atoms with E-state index in [2.05, 4.69) is 80.3 Å². The van der Waals surface area contributed by atoms with Gasteiger partial charge in [-0.25, -0.2) is 4.79 Å². The highest BCUT2D eigenvalue weighted by Gasteiger charge is 2.50. The molecule has 22 atom stereocenters. The Morgan fingerprint density at radius 3 is 1.36 bits per heavy atom. The molecule has 0 spiro atoms. The average molecular weight is 1560 g/mol. The predicted molar refractivity (Wildman–Crippen MR) is 419 cm³/mol. The Labute approximate surface area is 659 Å². The summed E-state index contributed by atoms with van der Waals surface area (Å²) >= 11 is 0. The van der Waals surface area contributed by atoms with Crippen molar-refractivity contribution in [2.45, 2.75) is 294 Å². The van der Waals surface area contributed by atoms with E-state index in [0.29, 0.717) is 75.4 Å². The Morgan fingerprint density at radius 2 is 0.830 bits per heavy atom. The lowest BCUT2D eigenvalue weighted by atomic mass is 9.99. The summed E-state index contributed by atoms with van der Waals surface area (Å²) in [7, 11) is -1.24. The third kappa shape index (κ3) is 23.3. The number of hydrogen-bond donors (Lipinski definition) is 0. The van der Waals surface area contributed by atoms with Crippen LogP contribution in [0.15, 0.2) is 170 Å². The van der Waals surface area contributed by atoms with Crippen LogP contribution >= 0.6 is 0 Å². The molecule has 0 unspecified atom stereocenters. The molecule has 112 heavy (non-hydrogen) atoms. The minimum Gasteiger partial charge on any atom is -0.468 e. The van der Waals surface area contributed by atoms with Crippen molar-refractivity contribution >= 4 is 47.3 Å². The van der Waals surface area contributed by atoms with E-state index < -0.39 is 149 Å². The molecule has 0 amide bonds. The van der Waals surface area contributed by atoms with Gasteiger partial charge in [0.25, 0.3) is 0 Å². The van der Waals surface area contributed by atoms with E-state index in [1.807, 2.05) is 126 Å². The van der Waals surface area contributed by atoms with Gasteiger partial charge in [-0.15, -0.1) is 0 Å². The molecule has 0 radical (unpaired) electrons. The van der Waals surface area contributed by atoms with Crippen LogP contribution in [-0.4, -0.2) is 175 Å². The van der Waals surface area contributed by atoms with Crippen LogP contribution in [0.5, 0.6) is 11.5 Å². The first-order valence-electron chi connectivity index (χ1n) is 40.1. The lowest BCUT2D eigenvalue weighted by Crippen LogP contribution is -2.57. The van der Waals surface area contributed by atoms with E-state index in [1.165, 1.54) is 6.92 Å². The third-order valence-corrected chi connectivity index (χ3v) is 23.4. The summed E-state index contributed by atoms with van der Waals surface area (Å²) in [5.74, 6) is 0.197. The maximum atomic E-state index is 13.9. The van der Waals surface area contributed by atoms with Gasteiger partial charge in [-0.1, -0.05) is 141 Å². The molecule has 22 nitrogen and oxygen atoms in total. The number of ether oxygens (including phenoxy) is 19. The van der Waals surface area contributed by atoms with E-state index in [4.69, 9.17) is 90.0 Å². The molecule has 6 aliphatic heterocycles. The fraction of sp³-hybridized carbons (Fsp3) is 0.539. The summed E-state index contributed by atoms with van der Waals surface area (Å²) in [6, 6.07) is 56.4. The normalized spacial score (nSPS) is 31.2. The molecule has 0 aromatic heterocycles. The number of ketones is 1. The van der Waals surface area contributed by atoms with Gasteiger partial charge < -0.3 is 94.8 Å². The maximum absolute atomic E-state index is 13.9. The second kappa shape index (κ2) is 39.5. The quantitative estimate of drug-likeness (QED) is 0.0161. The van der Waals surface area contributed by atoms with Crippen molar-refractivity contribution in [2.24, 2.45) is 0 Å². The molecule has 7 aromatic rings. The molecule has 6 aliphatic rings. The number of carbonyl (C=O) groups excluding carboxylic acids is 3. The number of esters is 2. The molecule has 604 valence electrons. The van der Waals surface area contributed by atoms with Gasteiger partial charge in [0.05, 0.1) is 92.8 Å². The molecule has 6 heterocycles. The Morgan fingerprint density at radius 1 is 0.393 bits per heavy atom. The van der Waals surface area contributed by atoms with Crippen LogP contribution in [0, 0.1) is 0 Å². The van der Waals surface area contributed by atoms with Crippen molar-refractivity contribution in [1.82, 2.24) is 0 Å². The Bertz CT molecular complexity index is 4110. The number of Topliss-reactive ketones (excluding diaryl/α,β-unsaturated/α-hetero) is 1. The van der Waals surface area contributed by atoms with Gasteiger partial charge in [-0.05, 0) is 154 Å². The van der Waals surface area contributed by atoms with E-state index in [1.54, 1.807) is 24.3 Å². The lowest BCUT2D eigenvalue weighted by molar-refractivity contribution is -0.347. The second-order valence-electron chi connectivity index (χ2n) is 31.8. The van der Waals surface area contributed by atoms with E-state index in [0.717, 1.165) is 44.3 Å². The van der Waals surface area contributed by atoms with Gasteiger partial charge in [0.1, 0.15) is 47.8 Å². The summed E-state index contributed by atoms with van der Waals surface area (Å²) < 4.78 is 126. The highest BCUT2D eigenvalue weighted by Crippen LogP contribution is 2.40. The zero-order chi connectivity index (χ0) is 78.3. The lowest BCUT2D eigenvalue weighted by Gasteiger charge is -2.47. The van der Waals surface area contributed by atoms with E-state index in [9.17, 15) is 14.4 Å². The monoisotopic (exact) mass is 1560 g/mol. The third-order valence-electron chi connectivity index (χ3n) is 21.7. The zero-order valence-electron chi connectivity index (χ0n) is 66.2. The SMILES string of the molecule is CC(=O)CCC(=O)O[C@H]1CC[C@H](O[C@@H]2[C@@H](C)O[C@@H](O[C@@H]3[C@@H](C)O[C@H](O[C@H]4CC[C@H](O[C@@H]5[C@@H](C)O[C@@H](O[C@@H]6C[C@H](Oc7ccc(OCOCC[Si](C)(C)C)cc7)O[C@H](C)[C@H]6OC(=O)c6ccccc6)C[C@H]5OCc5ccc6ccccc6c5)O[C@H]4C)C[C@H]3OCc3ccccc3)C[C@H]2OCc2ccc3ccccc3c2)O[C@H]1C. The van der Waals surface area contributed by atoms with Crippen molar-refractivity contribution in [1.29, 1.82) is 0 Å². The van der Waals surface area contributed by atoms with Crippen LogP contribution in [0.2, 0.25) is 25.7 Å². The van der Waals surface area contributed by atoms with Crippen LogP contribution in [0.4, 0.5) is 0 Å². The molecule has 0 bridgehead atoms. The minimum atomic E-state index is -1.24. The van der Waals surface area contributed by atoms with Gasteiger partial charge in [-0.2, -0.15) is 0 Å². The largest absolute Gasteiger partial charge is 0.468 e. The average Bonchev–Trinajstić information content (AvgIpc) is 0.799. The first kappa shape index (κ1) is 82.9. The second-order valence-corrected chi connectivity index (χ2v) is 37.4. The van der Waals surface area contributed by atoms with Gasteiger partial charge in [0, 0.05) is 59.6 Å². The number of benzene rings is 7. The molecule has 6 fully saturated rings. The summed E-state index contributed by atoms with van der Waals surface area (Å²) in [6.45, 7) is 21.7. The van der Waals surface area contributed by atoms with Crippen molar-refractivity contribution < 1.29 is 104 Å². The van der Waals surface area contributed by atoms with Crippen LogP contribution in [-0.2, 0) is 110 Å². The molecule has 13 rings (SSSR count). The maximum Gasteiger partial charge on any atom is 0.338 e. The van der Waals surface area contributed by atoms with Crippen molar-refractivity contribution in [3.05, 3.63) is 192 Å². The van der Waals surface area contributed by atoms with Crippen molar-refractivity contribution in [3.63, 3.8) is 0 Å². The minimum absolute atomic E-state index is 0.0254. The zero-order valence-corrected chi connectivity index (χ0v) is 67.2. The molecule has 0 aliphatic carbocycles.